The van der Waals surface area contributed by atoms with Gasteiger partial charge in [0.05, 0.1) is 5.71 Å². The molecule has 0 spiro atoms. The van der Waals surface area contributed by atoms with Crippen LogP contribution in [0.15, 0.2) is 5.16 Å². The van der Waals surface area contributed by atoms with Crippen molar-refractivity contribution in [3.63, 3.8) is 0 Å². The minimum absolute atomic E-state index is 0.441. The van der Waals surface area contributed by atoms with E-state index >= 15 is 0 Å². The molecule has 0 bridgehead atoms. The number of oxime groups is 1. The van der Waals surface area contributed by atoms with Gasteiger partial charge >= 0.3 is 11.9 Å². The predicted molar refractivity (Wildman–Crippen MR) is 37.3 cm³/mol. The highest BCUT2D eigenvalue weighted by Gasteiger charge is 2.40. The van der Waals surface area contributed by atoms with Crippen molar-refractivity contribution in [1.29, 1.82) is 0 Å². The van der Waals surface area contributed by atoms with Gasteiger partial charge in [-0.1, -0.05) is 5.16 Å². The van der Waals surface area contributed by atoms with Gasteiger partial charge in [-0.05, 0) is 13.8 Å². The Kier molecular flexibility index (Phi) is 3.59. The summed E-state index contributed by atoms with van der Waals surface area (Å²) in [4.78, 5) is 13.9. The Morgan fingerprint density at radius 3 is 2.42 bits per heavy atom. The third kappa shape index (κ3) is 3.85. The van der Waals surface area contributed by atoms with Crippen molar-refractivity contribution in [2.75, 3.05) is 6.61 Å². The van der Waals surface area contributed by atoms with Crippen LogP contribution in [0, 0.1) is 0 Å². The average molecular weight is 181 g/mol. The molecule has 0 aromatic heterocycles. The molecule has 0 atom stereocenters. The van der Waals surface area contributed by atoms with Gasteiger partial charge in [0.15, 0.2) is 6.61 Å². The molecule has 0 rings (SSSR count). The van der Waals surface area contributed by atoms with E-state index in [1.165, 1.54) is 0 Å². The van der Waals surface area contributed by atoms with Gasteiger partial charge in [0.2, 0.25) is 0 Å². The fourth-order valence-corrected chi connectivity index (χ4v) is 0.304. The number of carboxylic acid groups (broad SMARTS) is 1. The highest BCUT2D eigenvalue weighted by Crippen LogP contribution is 2.13. The number of alkyl halides is 2. The summed E-state index contributed by atoms with van der Waals surface area (Å²) in [5.41, 5.74) is 0.441. The summed E-state index contributed by atoms with van der Waals surface area (Å²) in [5.74, 6) is -6.09. The maximum absolute atomic E-state index is 12.2. The first-order chi connectivity index (χ1) is 5.36. The molecule has 6 heteroatoms. The molecule has 0 aliphatic rings. The first-order valence-corrected chi connectivity index (χ1v) is 3.10. The highest BCUT2D eigenvalue weighted by molar-refractivity contribution is 5.78. The van der Waals surface area contributed by atoms with Crippen LogP contribution in [-0.4, -0.2) is 29.3 Å². The van der Waals surface area contributed by atoms with Crippen LogP contribution < -0.4 is 0 Å². The second kappa shape index (κ2) is 3.99. The Hall–Kier alpha value is -1.20. The van der Waals surface area contributed by atoms with E-state index in [4.69, 9.17) is 5.11 Å². The van der Waals surface area contributed by atoms with Crippen LogP contribution in [0.2, 0.25) is 0 Å². The zero-order valence-electron chi connectivity index (χ0n) is 6.67. The average Bonchev–Trinajstić information content (AvgIpc) is 1.85. The second-order valence-corrected chi connectivity index (χ2v) is 2.32. The number of hydrogen-bond donors (Lipinski definition) is 1. The summed E-state index contributed by atoms with van der Waals surface area (Å²) in [6.07, 6.45) is 0. The molecule has 1 N–H and O–H groups in total. The summed E-state index contributed by atoms with van der Waals surface area (Å²) >= 11 is 0. The summed E-state index contributed by atoms with van der Waals surface area (Å²) in [5, 5.41) is 11.1. The minimum atomic E-state index is -3.88. The standard InChI is InChI=1S/C6H9F2NO3/c1-4(2)9-12-3-6(7,8)5(10)11/h3H2,1-2H3,(H,10,11). The molecule has 0 saturated heterocycles. The van der Waals surface area contributed by atoms with Crippen LogP contribution in [0.5, 0.6) is 0 Å². The number of carboxylic acids is 1. The lowest BCUT2D eigenvalue weighted by atomic mass is 10.4. The molecule has 0 unspecified atom stereocenters. The normalized spacial score (nSPS) is 10.7. The molecular formula is C6H9F2NO3. The van der Waals surface area contributed by atoms with E-state index in [-0.39, 0.29) is 0 Å². The Morgan fingerprint density at radius 2 is 2.08 bits per heavy atom. The van der Waals surface area contributed by atoms with Crippen LogP contribution in [0.1, 0.15) is 13.8 Å². The number of rotatable bonds is 4. The topological polar surface area (TPSA) is 58.9 Å². The molecule has 0 heterocycles. The first kappa shape index (κ1) is 10.8. The number of nitrogens with zero attached hydrogens (tertiary/aromatic N) is 1. The molecular weight excluding hydrogens is 172 g/mol. The lowest BCUT2D eigenvalue weighted by Crippen LogP contribution is -2.33. The third-order valence-electron chi connectivity index (χ3n) is 0.806. The Bertz CT molecular complexity index is 199. The van der Waals surface area contributed by atoms with Crippen LogP contribution in [0.4, 0.5) is 8.78 Å². The molecule has 4 nitrogen and oxygen atoms in total. The van der Waals surface area contributed by atoms with Crippen LogP contribution in [0.25, 0.3) is 0 Å². The van der Waals surface area contributed by atoms with Crippen LogP contribution in [0.3, 0.4) is 0 Å². The molecule has 0 saturated carbocycles. The van der Waals surface area contributed by atoms with Crippen LogP contribution in [-0.2, 0) is 9.63 Å². The summed E-state index contributed by atoms with van der Waals surface area (Å²) < 4.78 is 24.4. The molecule has 0 aliphatic carbocycles. The van der Waals surface area contributed by atoms with E-state index in [1.807, 2.05) is 0 Å². The quantitative estimate of drug-likeness (QED) is 0.522. The molecule has 0 aromatic rings. The van der Waals surface area contributed by atoms with E-state index in [0.717, 1.165) is 0 Å². The first-order valence-electron chi connectivity index (χ1n) is 3.10. The SMILES string of the molecule is CC(C)=NOCC(F)(F)C(=O)O. The Morgan fingerprint density at radius 1 is 1.58 bits per heavy atom. The summed E-state index contributed by atoms with van der Waals surface area (Å²) in [6, 6.07) is 0. The van der Waals surface area contributed by atoms with Gasteiger partial charge in [-0.3, -0.25) is 0 Å². The summed E-state index contributed by atoms with van der Waals surface area (Å²) in [7, 11) is 0. The van der Waals surface area contributed by atoms with Crippen molar-refractivity contribution in [2.24, 2.45) is 5.16 Å². The maximum Gasteiger partial charge on any atom is 0.378 e. The molecule has 0 aliphatic heterocycles. The molecule has 0 amide bonds. The monoisotopic (exact) mass is 181 g/mol. The summed E-state index contributed by atoms with van der Waals surface area (Å²) in [6.45, 7) is 1.84. The van der Waals surface area contributed by atoms with Crippen molar-refractivity contribution in [1.82, 2.24) is 0 Å². The Labute approximate surface area is 67.8 Å². The number of aliphatic carboxylic acids is 1. The van der Waals surface area contributed by atoms with E-state index in [2.05, 4.69) is 9.99 Å². The third-order valence-corrected chi connectivity index (χ3v) is 0.806. The maximum atomic E-state index is 12.2. The fraction of sp³-hybridized carbons (Fsp3) is 0.667. The van der Waals surface area contributed by atoms with Gasteiger partial charge in [0, 0.05) is 0 Å². The lowest BCUT2D eigenvalue weighted by Gasteiger charge is -2.08. The zero-order chi connectivity index (χ0) is 9.78. The van der Waals surface area contributed by atoms with Crippen LogP contribution >= 0.6 is 0 Å². The molecule has 0 radical (unpaired) electrons. The van der Waals surface area contributed by atoms with Crippen molar-refractivity contribution < 1.29 is 23.5 Å². The van der Waals surface area contributed by atoms with Crippen molar-refractivity contribution in [3.8, 4) is 0 Å². The highest BCUT2D eigenvalue weighted by atomic mass is 19.3. The van der Waals surface area contributed by atoms with Gasteiger partial charge in [-0.2, -0.15) is 8.78 Å². The molecule has 0 fully saturated rings. The van der Waals surface area contributed by atoms with Crippen molar-refractivity contribution in [2.45, 2.75) is 19.8 Å². The lowest BCUT2D eigenvalue weighted by molar-refractivity contribution is -0.173. The largest absolute Gasteiger partial charge is 0.477 e. The number of halogens is 2. The van der Waals surface area contributed by atoms with E-state index in [1.54, 1.807) is 13.8 Å². The van der Waals surface area contributed by atoms with E-state index < -0.39 is 18.5 Å². The number of carbonyl (C=O) groups is 1. The molecule has 0 aromatic carbocycles. The van der Waals surface area contributed by atoms with Gasteiger partial charge < -0.3 is 9.94 Å². The van der Waals surface area contributed by atoms with Gasteiger partial charge in [-0.15, -0.1) is 0 Å². The fourth-order valence-electron chi connectivity index (χ4n) is 0.304. The zero-order valence-corrected chi connectivity index (χ0v) is 6.67. The minimum Gasteiger partial charge on any atom is -0.477 e. The van der Waals surface area contributed by atoms with E-state index in [0.29, 0.717) is 5.71 Å². The Balaban J connectivity index is 3.93. The van der Waals surface area contributed by atoms with Gasteiger partial charge in [0.25, 0.3) is 0 Å². The molecule has 12 heavy (non-hydrogen) atoms. The van der Waals surface area contributed by atoms with Gasteiger partial charge in [0.1, 0.15) is 0 Å². The second-order valence-electron chi connectivity index (χ2n) is 2.32. The molecule has 70 valence electrons. The van der Waals surface area contributed by atoms with Crippen molar-refractivity contribution in [3.05, 3.63) is 0 Å². The smallest absolute Gasteiger partial charge is 0.378 e. The predicted octanol–water partition coefficient (Wildman–Crippen LogP) is 1.12. The number of hydrogen-bond acceptors (Lipinski definition) is 3. The van der Waals surface area contributed by atoms with Crippen molar-refractivity contribution >= 4 is 11.7 Å². The van der Waals surface area contributed by atoms with E-state index in [9.17, 15) is 13.6 Å². The van der Waals surface area contributed by atoms with Gasteiger partial charge in [-0.25, -0.2) is 4.79 Å².